The van der Waals surface area contributed by atoms with E-state index in [0.717, 1.165) is 0 Å². The number of hydrogen-bond donors (Lipinski definition) is 1. The van der Waals surface area contributed by atoms with Crippen LogP contribution in [0.1, 0.15) is 0 Å². The second kappa shape index (κ2) is 28.3. The van der Waals surface area contributed by atoms with Crippen molar-refractivity contribution in [1.82, 2.24) is 10.2 Å². The number of anilines is 1. The Balaban J connectivity index is -0.000000105. The van der Waals surface area contributed by atoms with Crippen molar-refractivity contribution in [3.63, 3.8) is 0 Å². The first kappa shape index (κ1) is 44.8. The summed E-state index contributed by atoms with van der Waals surface area (Å²) < 4.78 is 27.3. The molecule has 0 atom stereocenters. The maximum Gasteiger partial charge on any atom is 1.00 e. The summed E-state index contributed by atoms with van der Waals surface area (Å²) in [5.74, 6) is -0.0313. The molecule has 9 nitrogen and oxygen atoms in total. The van der Waals surface area contributed by atoms with Crippen LogP contribution in [0.15, 0.2) is 41.3 Å². The summed E-state index contributed by atoms with van der Waals surface area (Å²) in [6.07, 6.45) is 0. The maximum atomic E-state index is 11.9. The number of nitrogens with zero attached hydrogens (tertiary/aromatic N) is 6. The number of aromatic nitrogens is 2. The van der Waals surface area contributed by atoms with Gasteiger partial charge in [0.1, 0.15) is 5.15 Å². The summed E-state index contributed by atoms with van der Waals surface area (Å²) in [5, 5.41) is 32.6. The molecule has 0 radical (unpaired) electrons. The Morgan fingerprint density at radius 1 is 0.839 bits per heavy atom. The van der Waals surface area contributed by atoms with Gasteiger partial charge in [0.15, 0.2) is 0 Å². The average molecular weight is 889 g/mol. The van der Waals surface area contributed by atoms with E-state index in [9.17, 15) is 8.42 Å². The largest absolute Gasteiger partial charge is 1.00 e. The normalized spacial score (nSPS) is 7.16. The Morgan fingerprint density at radius 2 is 1.23 bits per heavy atom. The van der Waals surface area contributed by atoms with E-state index in [2.05, 4.69) is 52.8 Å². The minimum absolute atomic E-state index is 0. The molecule has 0 saturated heterocycles. The topological polar surface area (TPSA) is 171 Å². The maximum absolute atomic E-state index is 11.9. The van der Waals surface area contributed by atoms with E-state index in [1.807, 2.05) is 0 Å². The van der Waals surface area contributed by atoms with Crippen molar-refractivity contribution < 1.29 is 97.9 Å². The molecule has 182 valence electrons. The fraction of sp³-hybridized carbons (Fsp3) is 0. The number of nitrogen functional groups attached to an aromatic ring is 1. The van der Waals surface area contributed by atoms with Crippen LogP contribution in [0.2, 0.25) is 5.15 Å². The molecule has 2 N–H and O–H groups in total. The fourth-order valence-corrected chi connectivity index (χ4v) is 2.20. The number of thiocyanates is 3. The van der Waals surface area contributed by atoms with Crippen LogP contribution in [0.4, 0.5) is 11.5 Å². The van der Waals surface area contributed by atoms with Crippen molar-refractivity contribution in [2.45, 2.75) is 4.90 Å². The monoisotopic (exact) mass is 885 g/mol. The van der Waals surface area contributed by atoms with Crippen molar-refractivity contribution in [2.24, 2.45) is 0 Å². The molecule has 0 aliphatic heterocycles. The Morgan fingerprint density at radius 3 is 1.55 bits per heavy atom. The number of nitriles is 3. The zero-order chi connectivity index (χ0) is 21.3. The first-order valence-electron chi connectivity index (χ1n) is 6.08. The molecule has 31 heavy (non-hydrogen) atoms. The van der Waals surface area contributed by atoms with E-state index < -0.39 is 10.0 Å². The molecule has 18 heteroatoms. The Labute approximate surface area is 264 Å². The van der Waals surface area contributed by atoms with Crippen molar-refractivity contribution in [3.05, 3.63) is 46.3 Å². The summed E-state index contributed by atoms with van der Waals surface area (Å²) in [4.78, 5) is 0.0356. The molecule has 0 fully saturated rings. The second-order valence-corrected chi connectivity index (χ2v) is 6.16. The van der Waals surface area contributed by atoms with Gasteiger partial charge in [-0.3, -0.25) is 0 Å². The third-order valence-electron chi connectivity index (χ3n) is 2.01. The van der Waals surface area contributed by atoms with E-state index in [0.29, 0.717) is 5.69 Å². The first-order valence-corrected chi connectivity index (χ1v) is 9.13. The van der Waals surface area contributed by atoms with Gasteiger partial charge in [-0.1, -0.05) is 33.9 Å². The molecular formula is C13H8Ag4ClN7O2S4. The van der Waals surface area contributed by atoms with E-state index in [1.54, 1.807) is 0 Å². The summed E-state index contributed by atoms with van der Waals surface area (Å²) in [6, 6.07) is 8.48. The third kappa shape index (κ3) is 24.7. The number of halogens is 1. The standard InChI is InChI=1S/C10H8ClN4O2S.3CHNS.4Ag/c11-9-5-6-10(14-13-9)15-18(16,17)8-3-1-7(12)2-4-8;3*2-1-3;;;;/h1-6H,12H2;3*3H;;;;/q-1;;;;4*+1/p-3. The molecule has 0 saturated carbocycles. The molecule has 2 aromatic rings. The molecule has 0 unspecified atom stereocenters. The minimum atomic E-state index is -3.82. The van der Waals surface area contributed by atoms with Gasteiger partial charge in [0, 0.05) is 5.69 Å². The van der Waals surface area contributed by atoms with Gasteiger partial charge in [0.25, 0.3) is 0 Å². The molecular weight excluding hydrogens is 881 g/mol. The van der Waals surface area contributed by atoms with Crippen LogP contribution in [0.5, 0.6) is 0 Å². The second-order valence-electron chi connectivity index (χ2n) is 3.62. The Kier molecular flexibility index (Phi) is 40.9. The van der Waals surface area contributed by atoms with Crippen LogP contribution >= 0.6 is 11.6 Å². The quantitative estimate of drug-likeness (QED) is 0.207. The number of hydrogen-bond acceptors (Lipinski definition) is 11. The van der Waals surface area contributed by atoms with Crippen molar-refractivity contribution in [1.29, 1.82) is 15.8 Å². The molecule has 0 aliphatic carbocycles. The zero-order valence-electron chi connectivity index (χ0n) is 14.3. The SMILES string of the molecule is N#C[S-].N#C[S-].N#C[S-].Nc1ccc(S(=O)(=O)[N-]c2ccc(Cl)nn2)cc1.[Ag+].[Ag+].[Ag+].[Ag+]. The average Bonchev–Trinajstić information content (AvgIpc) is 2.59. The van der Waals surface area contributed by atoms with E-state index in [1.165, 1.54) is 52.6 Å². The van der Waals surface area contributed by atoms with E-state index in [-0.39, 0.29) is 105 Å². The van der Waals surface area contributed by atoms with Crippen molar-refractivity contribution in [3.8, 4) is 16.2 Å². The molecule has 2 rings (SSSR count). The van der Waals surface area contributed by atoms with Crippen molar-refractivity contribution in [2.75, 3.05) is 5.73 Å². The summed E-state index contributed by atoms with van der Waals surface area (Å²) in [7, 11) is -3.82. The fourth-order valence-electron chi connectivity index (χ4n) is 1.17. The predicted octanol–water partition coefficient (Wildman–Crippen LogP) is 2.14. The molecule has 1 aromatic carbocycles. The minimum Gasteiger partial charge on any atom is -0.696 e. The van der Waals surface area contributed by atoms with Gasteiger partial charge < -0.3 is 53.4 Å². The Hall–Kier alpha value is 0.231. The number of sulfonamides is 1. The van der Waals surface area contributed by atoms with Crippen LogP contribution < -0.4 is 5.73 Å². The summed E-state index contributed by atoms with van der Waals surface area (Å²) in [5.41, 5.74) is 5.95. The number of nitrogens with two attached hydrogens (primary N) is 1. The van der Waals surface area contributed by atoms with Crippen LogP contribution in [0.25, 0.3) is 4.72 Å². The molecule has 1 heterocycles. The number of benzene rings is 1. The van der Waals surface area contributed by atoms with Gasteiger partial charge in [0.05, 0.1) is 4.90 Å². The predicted molar refractivity (Wildman–Crippen MR) is 107 cm³/mol. The summed E-state index contributed by atoms with van der Waals surface area (Å²) in [6.45, 7) is 0. The van der Waals surface area contributed by atoms with E-state index >= 15 is 0 Å². The molecule has 0 aliphatic rings. The van der Waals surface area contributed by atoms with Crippen LogP contribution in [-0.4, -0.2) is 18.6 Å². The molecule has 0 amide bonds. The van der Waals surface area contributed by atoms with E-state index in [4.69, 9.17) is 33.1 Å². The van der Waals surface area contributed by atoms with Crippen LogP contribution in [-0.2, 0) is 137 Å². The van der Waals surface area contributed by atoms with Gasteiger partial charge in [-0.05, 0) is 36.1 Å². The van der Waals surface area contributed by atoms with Crippen LogP contribution in [0, 0.1) is 32.0 Å². The van der Waals surface area contributed by atoms with Gasteiger partial charge in [-0.2, -0.15) is 0 Å². The van der Waals surface area contributed by atoms with Gasteiger partial charge >= 0.3 is 89.5 Å². The molecule has 0 bridgehead atoms. The van der Waals surface area contributed by atoms with Gasteiger partial charge in [0.2, 0.25) is 10.0 Å². The third-order valence-corrected chi connectivity index (χ3v) is 3.51. The summed E-state index contributed by atoms with van der Waals surface area (Å²) >= 11 is 16.6. The van der Waals surface area contributed by atoms with Gasteiger partial charge in [-0.15, -0.1) is 0 Å². The molecule has 1 aromatic heterocycles. The smallest absolute Gasteiger partial charge is 0.696 e. The first-order chi connectivity index (χ1) is 12.7. The van der Waals surface area contributed by atoms with Crippen molar-refractivity contribution >= 4 is 71.0 Å². The zero-order valence-corrected chi connectivity index (χ0v) is 24.2. The Bertz CT molecular complexity index is 891. The van der Waals surface area contributed by atoms with Gasteiger partial charge in [-0.25, -0.2) is 29.3 Å². The van der Waals surface area contributed by atoms with Crippen LogP contribution in [0.3, 0.4) is 0 Å². The number of rotatable bonds is 3. The molecule has 0 spiro atoms.